The van der Waals surface area contributed by atoms with Gasteiger partial charge in [0.05, 0.1) is 10.6 Å². The molecule has 0 bridgehead atoms. The van der Waals surface area contributed by atoms with Crippen LogP contribution in [-0.4, -0.2) is 5.78 Å². The normalized spacial score (nSPS) is 9.38. The molecule has 2 nitrogen and oxygen atoms in total. The van der Waals surface area contributed by atoms with Gasteiger partial charge >= 0.3 is 0 Å². The number of carbonyl (C=O) groups is 1. The Balaban J connectivity index is 3.39. The van der Waals surface area contributed by atoms with E-state index in [0.29, 0.717) is 16.1 Å². The lowest BCUT2D eigenvalue weighted by Crippen LogP contribution is -1.95. The Morgan fingerprint density at radius 1 is 1.54 bits per heavy atom. The standard InChI is InChI=1S/C10H8ClNO/c1-6-3-8(7(2)13)4-10(11)9(6)5-12/h3-4H,1-2H3. The van der Waals surface area contributed by atoms with Gasteiger partial charge in [-0.1, -0.05) is 11.6 Å². The minimum Gasteiger partial charge on any atom is -0.295 e. The van der Waals surface area contributed by atoms with Gasteiger partial charge in [-0.25, -0.2) is 0 Å². The molecule has 1 aromatic rings. The van der Waals surface area contributed by atoms with Crippen LogP contribution in [-0.2, 0) is 0 Å². The molecule has 0 aliphatic carbocycles. The molecule has 0 fully saturated rings. The second kappa shape index (κ2) is 3.59. The lowest BCUT2D eigenvalue weighted by atomic mass is 10.0. The fourth-order valence-corrected chi connectivity index (χ4v) is 1.40. The van der Waals surface area contributed by atoms with Crippen LogP contribution in [0.1, 0.15) is 28.4 Å². The molecule has 0 spiro atoms. The van der Waals surface area contributed by atoms with E-state index in [1.54, 1.807) is 13.0 Å². The predicted molar refractivity (Wildman–Crippen MR) is 50.9 cm³/mol. The summed E-state index contributed by atoms with van der Waals surface area (Å²) in [6.07, 6.45) is 0. The van der Waals surface area contributed by atoms with Crippen LogP contribution < -0.4 is 0 Å². The Morgan fingerprint density at radius 3 is 2.54 bits per heavy atom. The van der Waals surface area contributed by atoms with Crippen molar-refractivity contribution in [2.24, 2.45) is 0 Å². The highest BCUT2D eigenvalue weighted by Crippen LogP contribution is 2.21. The third-order valence-corrected chi connectivity index (χ3v) is 2.10. The van der Waals surface area contributed by atoms with E-state index < -0.39 is 0 Å². The van der Waals surface area contributed by atoms with Crippen molar-refractivity contribution in [1.82, 2.24) is 0 Å². The lowest BCUT2D eigenvalue weighted by Gasteiger charge is -2.02. The SMILES string of the molecule is CC(=O)c1cc(C)c(C#N)c(Cl)c1. The maximum absolute atomic E-state index is 11.0. The van der Waals surface area contributed by atoms with Crippen molar-refractivity contribution in [1.29, 1.82) is 5.26 Å². The van der Waals surface area contributed by atoms with Crippen molar-refractivity contribution >= 4 is 17.4 Å². The Bertz CT molecular complexity index is 381. The highest BCUT2D eigenvalue weighted by molar-refractivity contribution is 6.32. The van der Waals surface area contributed by atoms with Crippen LogP contribution in [0, 0.1) is 18.3 Å². The number of Topliss-reactive ketones (excluding diaryl/α,β-unsaturated/α-hetero) is 1. The first-order chi connectivity index (χ1) is 6.06. The van der Waals surface area contributed by atoms with Crippen LogP contribution >= 0.6 is 11.6 Å². The Labute approximate surface area is 81.7 Å². The van der Waals surface area contributed by atoms with Gasteiger partial charge in [0, 0.05) is 5.56 Å². The van der Waals surface area contributed by atoms with E-state index in [1.807, 2.05) is 6.07 Å². The predicted octanol–water partition coefficient (Wildman–Crippen LogP) is 2.72. The van der Waals surface area contributed by atoms with Gasteiger partial charge in [0.15, 0.2) is 5.78 Å². The Morgan fingerprint density at radius 2 is 2.15 bits per heavy atom. The molecule has 0 heterocycles. The molecule has 0 amide bonds. The third kappa shape index (κ3) is 1.88. The monoisotopic (exact) mass is 193 g/mol. The van der Waals surface area contributed by atoms with Crippen LogP contribution in [0.2, 0.25) is 5.02 Å². The molecule has 1 aromatic carbocycles. The zero-order valence-corrected chi connectivity index (χ0v) is 8.14. The highest BCUT2D eigenvalue weighted by Gasteiger charge is 2.07. The van der Waals surface area contributed by atoms with Crippen molar-refractivity contribution < 1.29 is 4.79 Å². The number of nitriles is 1. The van der Waals surface area contributed by atoms with Crippen molar-refractivity contribution in [2.75, 3.05) is 0 Å². The summed E-state index contributed by atoms with van der Waals surface area (Å²) in [6, 6.07) is 5.18. The number of rotatable bonds is 1. The minimum absolute atomic E-state index is 0.0468. The molecular formula is C10H8ClNO. The van der Waals surface area contributed by atoms with Gasteiger partial charge < -0.3 is 0 Å². The van der Waals surface area contributed by atoms with Crippen molar-refractivity contribution in [3.63, 3.8) is 0 Å². The number of carbonyl (C=O) groups excluding carboxylic acids is 1. The van der Waals surface area contributed by atoms with Gasteiger partial charge in [0.25, 0.3) is 0 Å². The minimum atomic E-state index is -0.0468. The first-order valence-electron chi connectivity index (χ1n) is 3.77. The van der Waals surface area contributed by atoms with E-state index >= 15 is 0 Å². The molecule has 0 saturated carbocycles. The highest BCUT2D eigenvalue weighted by atomic mass is 35.5. The number of halogens is 1. The summed E-state index contributed by atoms with van der Waals surface area (Å²) in [5.74, 6) is -0.0468. The van der Waals surface area contributed by atoms with E-state index in [9.17, 15) is 4.79 Å². The summed E-state index contributed by atoms with van der Waals surface area (Å²) in [6.45, 7) is 3.23. The van der Waals surface area contributed by atoms with Crippen molar-refractivity contribution in [2.45, 2.75) is 13.8 Å². The quantitative estimate of drug-likeness (QED) is 0.644. The van der Waals surface area contributed by atoms with Crippen LogP contribution in [0.15, 0.2) is 12.1 Å². The number of hydrogen-bond acceptors (Lipinski definition) is 2. The zero-order chi connectivity index (χ0) is 10.0. The second-order valence-corrected chi connectivity index (χ2v) is 3.23. The first-order valence-corrected chi connectivity index (χ1v) is 4.15. The molecule has 0 radical (unpaired) electrons. The summed E-state index contributed by atoms with van der Waals surface area (Å²) in [5.41, 5.74) is 1.72. The van der Waals surface area contributed by atoms with E-state index in [1.165, 1.54) is 13.0 Å². The Kier molecular flexibility index (Phi) is 2.69. The molecule has 0 saturated heterocycles. The van der Waals surface area contributed by atoms with E-state index in [4.69, 9.17) is 16.9 Å². The van der Waals surface area contributed by atoms with E-state index in [0.717, 1.165) is 5.56 Å². The van der Waals surface area contributed by atoms with Crippen LogP contribution in [0.4, 0.5) is 0 Å². The molecule has 0 aliphatic heterocycles. The molecule has 0 aromatic heterocycles. The molecule has 3 heteroatoms. The van der Waals surface area contributed by atoms with Crippen molar-refractivity contribution in [3.8, 4) is 6.07 Å². The molecule has 1 rings (SSSR count). The first kappa shape index (κ1) is 9.76. The van der Waals surface area contributed by atoms with Gasteiger partial charge in [0.1, 0.15) is 6.07 Å². The molecule has 0 N–H and O–H groups in total. The second-order valence-electron chi connectivity index (χ2n) is 2.82. The van der Waals surface area contributed by atoms with Crippen molar-refractivity contribution in [3.05, 3.63) is 33.8 Å². The van der Waals surface area contributed by atoms with E-state index in [-0.39, 0.29) is 5.78 Å². The van der Waals surface area contributed by atoms with Gasteiger partial charge in [-0.15, -0.1) is 0 Å². The van der Waals surface area contributed by atoms with Crippen LogP contribution in [0.5, 0.6) is 0 Å². The Hall–Kier alpha value is -1.33. The van der Waals surface area contributed by atoms with Gasteiger partial charge in [-0.3, -0.25) is 4.79 Å². The van der Waals surface area contributed by atoms with Gasteiger partial charge in [-0.05, 0) is 31.5 Å². The maximum atomic E-state index is 11.0. The van der Waals surface area contributed by atoms with Crippen LogP contribution in [0.25, 0.3) is 0 Å². The number of aryl methyl sites for hydroxylation is 1. The third-order valence-electron chi connectivity index (χ3n) is 1.81. The summed E-state index contributed by atoms with van der Waals surface area (Å²) < 4.78 is 0. The van der Waals surface area contributed by atoms with Gasteiger partial charge in [0.2, 0.25) is 0 Å². The molecule has 0 atom stereocenters. The average Bonchev–Trinajstić information content (AvgIpc) is 2.03. The molecule has 0 unspecified atom stereocenters. The molecule has 13 heavy (non-hydrogen) atoms. The molecule has 66 valence electrons. The zero-order valence-electron chi connectivity index (χ0n) is 7.39. The number of hydrogen-bond donors (Lipinski definition) is 0. The number of nitrogens with zero attached hydrogens (tertiary/aromatic N) is 1. The van der Waals surface area contributed by atoms with E-state index in [2.05, 4.69) is 0 Å². The molecule has 0 aliphatic rings. The van der Waals surface area contributed by atoms with Gasteiger partial charge in [-0.2, -0.15) is 5.26 Å². The summed E-state index contributed by atoms with van der Waals surface area (Å²) in [5, 5.41) is 9.05. The fraction of sp³-hybridized carbons (Fsp3) is 0.200. The average molecular weight is 194 g/mol. The largest absolute Gasteiger partial charge is 0.295 e. The topological polar surface area (TPSA) is 40.9 Å². The molecular weight excluding hydrogens is 186 g/mol. The maximum Gasteiger partial charge on any atom is 0.159 e. The summed E-state index contributed by atoms with van der Waals surface area (Å²) >= 11 is 5.80. The summed E-state index contributed by atoms with van der Waals surface area (Å²) in [4.78, 5) is 11.0. The summed E-state index contributed by atoms with van der Waals surface area (Å²) in [7, 11) is 0. The fourth-order valence-electron chi connectivity index (χ4n) is 1.09. The van der Waals surface area contributed by atoms with Crippen LogP contribution in [0.3, 0.4) is 0 Å². The number of benzene rings is 1. The smallest absolute Gasteiger partial charge is 0.159 e. The number of ketones is 1. The lowest BCUT2D eigenvalue weighted by molar-refractivity contribution is 0.101.